The van der Waals surface area contributed by atoms with E-state index in [-0.39, 0.29) is 6.61 Å². The number of amides is 1. The van der Waals surface area contributed by atoms with E-state index in [2.05, 4.69) is 10.5 Å². The largest absolute Gasteiger partial charge is 0.489 e. The number of rotatable bonds is 8. The minimum atomic E-state index is -0.418. The number of carbonyl (C=O) groups is 1. The maximum absolute atomic E-state index is 11.8. The second-order valence-electron chi connectivity index (χ2n) is 6.14. The Hall–Kier alpha value is -2.73. The molecule has 0 saturated heterocycles. The van der Waals surface area contributed by atoms with Gasteiger partial charge in [-0.05, 0) is 65.7 Å². The standard InChI is InChI=1S/C22H17Cl3N2O3/c23-17-3-1-2-16(10-17)13-29-19-7-4-15(5-8-19)12-26-27-22(28)14-30-21-9-6-18(24)11-20(21)25/h1-12H,13-14H2,(H,27,28)/b26-12-. The second kappa shape index (κ2) is 10.9. The minimum Gasteiger partial charge on any atom is -0.489 e. The van der Waals surface area contributed by atoms with Crippen molar-refractivity contribution in [2.75, 3.05) is 6.61 Å². The predicted molar refractivity (Wildman–Crippen MR) is 120 cm³/mol. The molecule has 0 radical (unpaired) electrons. The van der Waals surface area contributed by atoms with E-state index in [0.717, 1.165) is 11.1 Å². The van der Waals surface area contributed by atoms with Crippen molar-refractivity contribution in [2.45, 2.75) is 6.61 Å². The molecule has 1 amide bonds. The van der Waals surface area contributed by atoms with Crippen LogP contribution in [0.3, 0.4) is 0 Å². The summed E-state index contributed by atoms with van der Waals surface area (Å²) in [6.45, 7) is 0.191. The van der Waals surface area contributed by atoms with Gasteiger partial charge >= 0.3 is 0 Å². The first-order valence-corrected chi connectivity index (χ1v) is 10.00. The zero-order valence-corrected chi connectivity index (χ0v) is 17.9. The molecule has 30 heavy (non-hydrogen) atoms. The quantitative estimate of drug-likeness (QED) is 0.341. The molecule has 0 fully saturated rings. The highest BCUT2D eigenvalue weighted by atomic mass is 35.5. The topological polar surface area (TPSA) is 59.9 Å². The summed E-state index contributed by atoms with van der Waals surface area (Å²) in [5.74, 6) is 0.664. The van der Waals surface area contributed by atoms with Crippen LogP contribution in [0.4, 0.5) is 0 Å². The molecule has 3 aromatic rings. The summed E-state index contributed by atoms with van der Waals surface area (Å²) in [6, 6.07) is 19.5. The van der Waals surface area contributed by atoms with Gasteiger partial charge in [0.05, 0.1) is 11.2 Å². The summed E-state index contributed by atoms with van der Waals surface area (Å²) in [5.41, 5.74) is 4.17. The van der Waals surface area contributed by atoms with E-state index in [1.54, 1.807) is 12.1 Å². The van der Waals surface area contributed by atoms with Crippen molar-refractivity contribution >= 4 is 46.9 Å². The Morgan fingerprint density at radius 3 is 2.43 bits per heavy atom. The molecule has 5 nitrogen and oxygen atoms in total. The van der Waals surface area contributed by atoms with Gasteiger partial charge < -0.3 is 9.47 Å². The molecule has 3 aromatic carbocycles. The lowest BCUT2D eigenvalue weighted by molar-refractivity contribution is -0.123. The van der Waals surface area contributed by atoms with E-state index >= 15 is 0 Å². The third kappa shape index (κ3) is 6.95. The lowest BCUT2D eigenvalue weighted by Gasteiger charge is -2.07. The van der Waals surface area contributed by atoms with Gasteiger partial charge in [-0.2, -0.15) is 5.10 Å². The molecule has 0 aliphatic heterocycles. The molecule has 0 aliphatic rings. The average Bonchev–Trinajstić information content (AvgIpc) is 2.73. The van der Waals surface area contributed by atoms with Crippen LogP contribution >= 0.6 is 34.8 Å². The van der Waals surface area contributed by atoms with Gasteiger partial charge in [-0.3, -0.25) is 4.79 Å². The minimum absolute atomic E-state index is 0.227. The van der Waals surface area contributed by atoms with Gasteiger partial charge in [0.1, 0.15) is 18.1 Å². The lowest BCUT2D eigenvalue weighted by atomic mass is 10.2. The number of ether oxygens (including phenoxy) is 2. The van der Waals surface area contributed by atoms with Crippen LogP contribution in [0.1, 0.15) is 11.1 Å². The number of hydrazone groups is 1. The van der Waals surface area contributed by atoms with Crippen molar-refractivity contribution < 1.29 is 14.3 Å². The number of halogens is 3. The molecule has 0 atom stereocenters. The molecule has 0 bridgehead atoms. The van der Waals surface area contributed by atoms with Crippen LogP contribution in [-0.4, -0.2) is 18.7 Å². The second-order valence-corrected chi connectivity index (χ2v) is 7.42. The maximum atomic E-state index is 11.8. The summed E-state index contributed by atoms with van der Waals surface area (Å²) in [4.78, 5) is 11.8. The average molecular weight is 464 g/mol. The smallest absolute Gasteiger partial charge is 0.277 e. The highest BCUT2D eigenvalue weighted by Crippen LogP contribution is 2.27. The van der Waals surface area contributed by atoms with Gasteiger partial charge in [0.2, 0.25) is 0 Å². The van der Waals surface area contributed by atoms with Gasteiger partial charge in [-0.25, -0.2) is 5.43 Å². The summed E-state index contributed by atoms with van der Waals surface area (Å²) < 4.78 is 11.1. The van der Waals surface area contributed by atoms with Crippen LogP contribution in [0.2, 0.25) is 15.1 Å². The molecule has 0 unspecified atom stereocenters. The number of benzene rings is 3. The molecule has 3 rings (SSSR count). The van der Waals surface area contributed by atoms with E-state index in [0.29, 0.717) is 33.2 Å². The van der Waals surface area contributed by atoms with Crippen LogP contribution in [0.15, 0.2) is 71.8 Å². The van der Waals surface area contributed by atoms with E-state index in [4.69, 9.17) is 44.3 Å². The Labute approximate surface area is 189 Å². The first kappa shape index (κ1) is 22.0. The van der Waals surface area contributed by atoms with Crippen molar-refractivity contribution in [1.82, 2.24) is 5.43 Å². The van der Waals surface area contributed by atoms with Crippen molar-refractivity contribution in [3.63, 3.8) is 0 Å². The molecule has 0 aliphatic carbocycles. The number of hydrogen-bond donors (Lipinski definition) is 1. The molecule has 8 heteroatoms. The lowest BCUT2D eigenvalue weighted by Crippen LogP contribution is -2.24. The Balaban J connectivity index is 1.43. The fourth-order valence-corrected chi connectivity index (χ4v) is 3.07. The van der Waals surface area contributed by atoms with Crippen molar-refractivity contribution in [3.05, 3.63) is 92.9 Å². The van der Waals surface area contributed by atoms with E-state index in [9.17, 15) is 4.79 Å². The first-order chi connectivity index (χ1) is 14.5. The monoisotopic (exact) mass is 462 g/mol. The third-order valence-electron chi connectivity index (χ3n) is 3.83. The molecule has 0 heterocycles. The number of hydrogen-bond acceptors (Lipinski definition) is 4. The third-order valence-corrected chi connectivity index (χ3v) is 4.60. The Morgan fingerprint density at radius 2 is 1.70 bits per heavy atom. The molecule has 0 saturated carbocycles. The van der Waals surface area contributed by atoms with Gasteiger partial charge in [-0.15, -0.1) is 0 Å². The van der Waals surface area contributed by atoms with Gasteiger partial charge in [0.25, 0.3) is 5.91 Å². The van der Waals surface area contributed by atoms with E-state index in [1.807, 2.05) is 48.5 Å². The fourth-order valence-electron chi connectivity index (χ4n) is 2.39. The molecule has 1 N–H and O–H groups in total. The fraction of sp³-hybridized carbons (Fsp3) is 0.0909. The molecular formula is C22H17Cl3N2O3. The van der Waals surface area contributed by atoms with Crippen molar-refractivity contribution in [3.8, 4) is 11.5 Å². The van der Waals surface area contributed by atoms with Crippen LogP contribution in [0.25, 0.3) is 0 Å². The van der Waals surface area contributed by atoms with Crippen LogP contribution in [0, 0.1) is 0 Å². The molecule has 0 spiro atoms. The van der Waals surface area contributed by atoms with Gasteiger partial charge in [-0.1, -0.05) is 46.9 Å². The zero-order valence-electron chi connectivity index (χ0n) is 15.6. The van der Waals surface area contributed by atoms with E-state index in [1.165, 1.54) is 12.3 Å². The van der Waals surface area contributed by atoms with Crippen molar-refractivity contribution in [1.29, 1.82) is 0 Å². The molecular weight excluding hydrogens is 447 g/mol. The number of nitrogens with one attached hydrogen (secondary N) is 1. The van der Waals surface area contributed by atoms with Gasteiger partial charge in [0.15, 0.2) is 6.61 Å². The van der Waals surface area contributed by atoms with Crippen molar-refractivity contribution in [2.24, 2.45) is 5.10 Å². The zero-order chi connectivity index (χ0) is 21.3. The Morgan fingerprint density at radius 1 is 0.933 bits per heavy atom. The number of nitrogens with zero attached hydrogens (tertiary/aromatic N) is 1. The highest BCUT2D eigenvalue weighted by molar-refractivity contribution is 6.35. The van der Waals surface area contributed by atoms with E-state index < -0.39 is 5.91 Å². The number of carbonyl (C=O) groups excluding carboxylic acids is 1. The maximum Gasteiger partial charge on any atom is 0.277 e. The highest BCUT2D eigenvalue weighted by Gasteiger charge is 2.06. The summed E-state index contributed by atoms with van der Waals surface area (Å²) in [5, 5.41) is 5.40. The summed E-state index contributed by atoms with van der Waals surface area (Å²) in [6.07, 6.45) is 1.52. The molecule has 0 aromatic heterocycles. The van der Waals surface area contributed by atoms with Crippen LogP contribution in [-0.2, 0) is 11.4 Å². The predicted octanol–water partition coefficient (Wildman–Crippen LogP) is 5.75. The first-order valence-electron chi connectivity index (χ1n) is 8.87. The Kier molecular flexibility index (Phi) is 7.97. The summed E-state index contributed by atoms with van der Waals surface area (Å²) >= 11 is 17.8. The SMILES string of the molecule is O=C(COc1ccc(Cl)cc1Cl)N/N=C\c1ccc(OCc2cccc(Cl)c2)cc1. The molecule has 154 valence electrons. The van der Waals surface area contributed by atoms with Crippen LogP contribution < -0.4 is 14.9 Å². The van der Waals surface area contributed by atoms with Gasteiger partial charge in [0, 0.05) is 10.0 Å². The Bertz CT molecular complexity index is 1040. The summed E-state index contributed by atoms with van der Waals surface area (Å²) in [7, 11) is 0. The van der Waals surface area contributed by atoms with Crippen LogP contribution in [0.5, 0.6) is 11.5 Å². The normalized spacial score (nSPS) is 10.8.